The molecule has 1 fully saturated rings. The van der Waals surface area contributed by atoms with Gasteiger partial charge in [0.1, 0.15) is 17.7 Å². The van der Waals surface area contributed by atoms with Crippen molar-refractivity contribution in [1.82, 2.24) is 10.2 Å². The van der Waals surface area contributed by atoms with Crippen molar-refractivity contribution >= 4 is 5.82 Å². The normalized spacial score (nSPS) is 16.2. The Bertz CT molecular complexity index is 732. The first-order valence-electron chi connectivity index (χ1n) is 7.57. The number of benzene rings is 1. The van der Waals surface area contributed by atoms with Crippen LogP contribution in [0.15, 0.2) is 41.2 Å². The highest BCUT2D eigenvalue weighted by molar-refractivity contribution is 5.38. The molecule has 2 heterocycles. The molecule has 0 spiro atoms. The maximum absolute atomic E-state index is 13.0. The monoisotopic (exact) mass is 339 g/mol. The third-order valence-corrected chi connectivity index (χ3v) is 3.92. The molecule has 0 aliphatic carbocycles. The molecule has 0 radical (unpaired) electrons. The molecule has 5 nitrogen and oxygen atoms in total. The van der Waals surface area contributed by atoms with Gasteiger partial charge in [-0.3, -0.25) is 4.79 Å². The molecule has 24 heavy (non-hydrogen) atoms. The molecular formula is C16H16F3N3O2. The number of H-pyrrole nitrogens is 1. The molecule has 1 N–H and O–H groups in total. The molecule has 0 bridgehead atoms. The maximum Gasteiger partial charge on any atom is 0.419 e. The molecule has 3 rings (SSSR count). The van der Waals surface area contributed by atoms with E-state index in [4.69, 9.17) is 4.74 Å². The minimum absolute atomic E-state index is 0.134. The van der Waals surface area contributed by atoms with Gasteiger partial charge in [0.2, 0.25) is 0 Å². The van der Waals surface area contributed by atoms with Gasteiger partial charge >= 0.3 is 6.18 Å². The number of para-hydroxylation sites is 1. The minimum atomic E-state index is -4.43. The Morgan fingerprint density at radius 2 is 1.83 bits per heavy atom. The van der Waals surface area contributed by atoms with Gasteiger partial charge in [-0.2, -0.15) is 18.3 Å². The highest BCUT2D eigenvalue weighted by Gasteiger charge is 2.35. The van der Waals surface area contributed by atoms with Gasteiger partial charge in [0.05, 0.1) is 5.56 Å². The molecule has 1 aromatic heterocycles. The van der Waals surface area contributed by atoms with Crippen molar-refractivity contribution in [3.63, 3.8) is 0 Å². The largest absolute Gasteiger partial charge is 0.490 e. The summed E-state index contributed by atoms with van der Waals surface area (Å²) in [6, 6.07) is 8.26. The standard InChI is InChI=1S/C16H16F3N3O2/c17-16(18,19)12-3-1-2-4-13(12)24-11-7-9-22(10-8-11)14-5-6-15(23)21-20-14/h1-6,11H,7-10H2,(H,21,23). The van der Waals surface area contributed by atoms with E-state index >= 15 is 0 Å². The van der Waals surface area contributed by atoms with Crippen LogP contribution in [0, 0.1) is 0 Å². The van der Waals surface area contributed by atoms with E-state index < -0.39 is 11.7 Å². The SMILES string of the molecule is O=c1ccc(N2CCC(Oc3ccccc3C(F)(F)F)CC2)n[nH]1. The highest BCUT2D eigenvalue weighted by atomic mass is 19.4. The third kappa shape index (κ3) is 3.69. The maximum atomic E-state index is 13.0. The predicted octanol–water partition coefficient (Wildman–Crippen LogP) is 2.84. The Morgan fingerprint density at radius 3 is 2.46 bits per heavy atom. The number of rotatable bonds is 3. The average Bonchev–Trinajstić information content (AvgIpc) is 2.56. The van der Waals surface area contributed by atoms with Crippen molar-refractivity contribution in [2.24, 2.45) is 0 Å². The predicted molar refractivity (Wildman–Crippen MR) is 82.2 cm³/mol. The van der Waals surface area contributed by atoms with Crippen LogP contribution in [-0.4, -0.2) is 29.4 Å². The molecule has 0 unspecified atom stereocenters. The molecule has 8 heteroatoms. The average molecular weight is 339 g/mol. The summed E-state index contributed by atoms with van der Waals surface area (Å²) in [5.41, 5.74) is -1.03. The van der Waals surface area contributed by atoms with Gasteiger partial charge in [0.15, 0.2) is 0 Å². The number of hydrogen-bond donors (Lipinski definition) is 1. The number of ether oxygens (including phenoxy) is 1. The second kappa shape index (κ2) is 6.54. The van der Waals surface area contributed by atoms with Gasteiger partial charge in [-0.05, 0) is 18.2 Å². The number of anilines is 1. The molecule has 1 aliphatic heterocycles. The van der Waals surface area contributed by atoms with Crippen LogP contribution >= 0.6 is 0 Å². The summed E-state index contributed by atoms with van der Waals surface area (Å²) < 4.78 is 44.6. The second-order valence-corrected chi connectivity index (χ2v) is 5.58. The third-order valence-electron chi connectivity index (χ3n) is 3.92. The summed E-state index contributed by atoms with van der Waals surface area (Å²) in [5.74, 6) is 0.509. The zero-order chi connectivity index (χ0) is 17.2. The van der Waals surface area contributed by atoms with E-state index in [-0.39, 0.29) is 17.4 Å². The lowest BCUT2D eigenvalue weighted by Gasteiger charge is -2.33. The fourth-order valence-electron chi connectivity index (χ4n) is 2.70. The molecule has 0 saturated carbocycles. The fraction of sp³-hybridized carbons (Fsp3) is 0.375. The lowest BCUT2D eigenvalue weighted by Crippen LogP contribution is -2.39. The van der Waals surface area contributed by atoms with Crippen LogP contribution in [-0.2, 0) is 6.18 Å². The van der Waals surface area contributed by atoms with Crippen LogP contribution in [0.2, 0.25) is 0 Å². The molecule has 1 saturated heterocycles. The zero-order valence-corrected chi connectivity index (χ0v) is 12.7. The van der Waals surface area contributed by atoms with Gasteiger partial charge < -0.3 is 9.64 Å². The van der Waals surface area contributed by atoms with Gasteiger partial charge in [-0.15, -0.1) is 0 Å². The van der Waals surface area contributed by atoms with Crippen molar-refractivity contribution in [3.05, 3.63) is 52.3 Å². The Labute approximate surface area is 136 Å². The number of nitrogens with zero attached hydrogens (tertiary/aromatic N) is 2. The van der Waals surface area contributed by atoms with Gasteiger partial charge in [-0.1, -0.05) is 12.1 Å². The van der Waals surface area contributed by atoms with Gasteiger partial charge in [0, 0.05) is 32.0 Å². The van der Waals surface area contributed by atoms with E-state index in [9.17, 15) is 18.0 Å². The molecule has 0 atom stereocenters. The number of halogens is 3. The minimum Gasteiger partial charge on any atom is -0.490 e. The van der Waals surface area contributed by atoms with Crippen molar-refractivity contribution in [3.8, 4) is 5.75 Å². The second-order valence-electron chi connectivity index (χ2n) is 5.58. The summed E-state index contributed by atoms with van der Waals surface area (Å²) in [6.07, 6.45) is -3.57. The molecular weight excluding hydrogens is 323 g/mol. The molecule has 128 valence electrons. The summed E-state index contributed by atoms with van der Waals surface area (Å²) in [7, 11) is 0. The first kappa shape index (κ1) is 16.4. The van der Waals surface area contributed by atoms with Crippen LogP contribution in [0.1, 0.15) is 18.4 Å². The van der Waals surface area contributed by atoms with Crippen molar-refractivity contribution < 1.29 is 17.9 Å². The first-order valence-corrected chi connectivity index (χ1v) is 7.57. The lowest BCUT2D eigenvalue weighted by molar-refractivity contribution is -0.139. The number of alkyl halides is 3. The van der Waals surface area contributed by atoms with Crippen LogP contribution in [0.25, 0.3) is 0 Å². The van der Waals surface area contributed by atoms with E-state index in [1.807, 2.05) is 4.90 Å². The number of aromatic nitrogens is 2. The van der Waals surface area contributed by atoms with Crippen molar-refractivity contribution in [1.29, 1.82) is 0 Å². The highest BCUT2D eigenvalue weighted by Crippen LogP contribution is 2.37. The van der Waals surface area contributed by atoms with Crippen LogP contribution in [0.3, 0.4) is 0 Å². The Morgan fingerprint density at radius 1 is 1.12 bits per heavy atom. The van der Waals surface area contributed by atoms with Crippen molar-refractivity contribution in [2.75, 3.05) is 18.0 Å². The van der Waals surface area contributed by atoms with Crippen LogP contribution in [0.4, 0.5) is 19.0 Å². The van der Waals surface area contributed by atoms with Gasteiger partial charge in [-0.25, -0.2) is 5.10 Å². The van der Waals surface area contributed by atoms with E-state index in [2.05, 4.69) is 10.2 Å². The summed E-state index contributed by atoms with van der Waals surface area (Å²) >= 11 is 0. The quantitative estimate of drug-likeness (QED) is 0.934. The van der Waals surface area contributed by atoms with E-state index in [1.54, 1.807) is 6.07 Å². The first-order chi connectivity index (χ1) is 11.4. The van der Waals surface area contributed by atoms with Gasteiger partial charge in [0.25, 0.3) is 5.56 Å². The van der Waals surface area contributed by atoms with Crippen molar-refractivity contribution in [2.45, 2.75) is 25.1 Å². The molecule has 2 aromatic rings. The number of hydrogen-bond acceptors (Lipinski definition) is 4. The fourth-order valence-corrected chi connectivity index (χ4v) is 2.70. The molecule has 1 aromatic carbocycles. The number of piperidine rings is 1. The summed E-state index contributed by atoms with van der Waals surface area (Å²) in [5, 5.41) is 6.33. The zero-order valence-electron chi connectivity index (χ0n) is 12.7. The number of aromatic amines is 1. The van der Waals surface area contributed by atoms with E-state index in [0.29, 0.717) is 31.7 Å². The summed E-state index contributed by atoms with van der Waals surface area (Å²) in [6.45, 7) is 1.19. The molecule has 1 aliphatic rings. The lowest BCUT2D eigenvalue weighted by atomic mass is 10.1. The Hall–Kier alpha value is -2.51. The van der Waals surface area contributed by atoms with Crippen LogP contribution in [0.5, 0.6) is 5.75 Å². The number of nitrogens with one attached hydrogen (secondary N) is 1. The topological polar surface area (TPSA) is 58.2 Å². The van der Waals surface area contributed by atoms with E-state index in [1.165, 1.54) is 24.3 Å². The van der Waals surface area contributed by atoms with Crippen LogP contribution < -0.4 is 15.2 Å². The van der Waals surface area contributed by atoms with E-state index in [0.717, 1.165) is 6.07 Å². The Balaban J connectivity index is 1.64. The molecule has 0 amide bonds. The smallest absolute Gasteiger partial charge is 0.419 e. The summed E-state index contributed by atoms with van der Waals surface area (Å²) in [4.78, 5) is 13.0. The Kier molecular flexibility index (Phi) is 4.46.